The maximum Gasteiger partial charge on any atom is 0.312 e. The number of piperazine rings is 1. The van der Waals surface area contributed by atoms with E-state index in [1.807, 2.05) is 22.4 Å². The van der Waals surface area contributed by atoms with E-state index in [-0.39, 0.29) is 18.1 Å². The molecule has 0 aliphatic carbocycles. The minimum absolute atomic E-state index is 0.0506. The van der Waals surface area contributed by atoms with Gasteiger partial charge in [-0.2, -0.15) is 0 Å². The molecule has 1 fully saturated rings. The molecule has 2 heterocycles. The molecular formula is C18H21FN4O2S. The zero-order valence-corrected chi connectivity index (χ0v) is 15.0. The third-order valence-corrected chi connectivity index (χ3v) is 5.39. The average Bonchev–Trinajstić information content (AvgIpc) is 3.16. The summed E-state index contributed by atoms with van der Waals surface area (Å²) in [5, 5.41) is 4.53. The standard InChI is InChI=1S/C18H21FN4O2S/c19-13-4-1-2-5-15(13)22-7-9-23(10-8-22)17(24)12-14(21-18(20)25)16-6-3-11-26-16/h1-6,11,14H,7-10,12H2,(H3,20,21,25). The zero-order valence-electron chi connectivity index (χ0n) is 14.2. The average molecular weight is 376 g/mol. The Labute approximate surface area is 155 Å². The molecule has 26 heavy (non-hydrogen) atoms. The Morgan fingerprint density at radius 1 is 1.15 bits per heavy atom. The molecule has 1 unspecified atom stereocenters. The number of primary amides is 1. The van der Waals surface area contributed by atoms with Crippen LogP contribution in [0.25, 0.3) is 0 Å². The number of rotatable bonds is 5. The molecule has 1 aliphatic heterocycles. The van der Waals surface area contributed by atoms with Crippen molar-refractivity contribution in [1.82, 2.24) is 10.2 Å². The van der Waals surface area contributed by atoms with Crippen molar-refractivity contribution < 1.29 is 14.0 Å². The molecule has 3 rings (SSSR count). The van der Waals surface area contributed by atoms with Gasteiger partial charge in [-0.05, 0) is 23.6 Å². The van der Waals surface area contributed by atoms with Gasteiger partial charge < -0.3 is 20.9 Å². The summed E-state index contributed by atoms with van der Waals surface area (Å²) in [6.45, 7) is 2.17. The van der Waals surface area contributed by atoms with Crippen molar-refractivity contribution in [2.45, 2.75) is 12.5 Å². The molecule has 1 atom stereocenters. The van der Waals surface area contributed by atoms with Gasteiger partial charge in [0.15, 0.2) is 0 Å². The van der Waals surface area contributed by atoms with Crippen molar-refractivity contribution in [3.8, 4) is 0 Å². The molecule has 0 bridgehead atoms. The molecule has 1 saturated heterocycles. The molecule has 1 aromatic heterocycles. The first kappa shape index (κ1) is 18.2. The van der Waals surface area contributed by atoms with Crippen molar-refractivity contribution in [2.75, 3.05) is 31.1 Å². The monoisotopic (exact) mass is 376 g/mol. The molecule has 1 aromatic carbocycles. The number of thiophene rings is 1. The van der Waals surface area contributed by atoms with E-state index >= 15 is 0 Å². The van der Waals surface area contributed by atoms with E-state index in [2.05, 4.69) is 5.32 Å². The predicted molar refractivity (Wildman–Crippen MR) is 99.6 cm³/mol. The lowest BCUT2D eigenvalue weighted by Crippen LogP contribution is -2.49. The van der Waals surface area contributed by atoms with Crippen LogP contribution in [-0.2, 0) is 4.79 Å². The van der Waals surface area contributed by atoms with Crippen molar-refractivity contribution in [1.29, 1.82) is 0 Å². The van der Waals surface area contributed by atoms with Gasteiger partial charge in [-0.1, -0.05) is 18.2 Å². The van der Waals surface area contributed by atoms with Crippen LogP contribution in [0.4, 0.5) is 14.9 Å². The first-order valence-electron chi connectivity index (χ1n) is 8.41. The van der Waals surface area contributed by atoms with Gasteiger partial charge in [-0.3, -0.25) is 4.79 Å². The first-order chi connectivity index (χ1) is 12.5. The summed E-state index contributed by atoms with van der Waals surface area (Å²) in [6, 6.07) is 9.31. The van der Waals surface area contributed by atoms with E-state index in [4.69, 9.17) is 5.73 Å². The molecule has 0 radical (unpaired) electrons. The summed E-state index contributed by atoms with van der Waals surface area (Å²) >= 11 is 1.47. The second kappa shape index (κ2) is 8.18. The van der Waals surface area contributed by atoms with Gasteiger partial charge >= 0.3 is 6.03 Å². The van der Waals surface area contributed by atoms with Crippen LogP contribution in [-0.4, -0.2) is 43.0 Å². The lowest BCUT2D eigenvalue weighted by atomic mass is 10.1. The summed E-state index contributed by atoms with van der Waals surface area (Å²) < 4.78 is 13.9. The number of benzene rings is 1. The minimum atomic E-state index is -0.652. The van der Waals surface area contributed by atoms with Crippen molar-refractivity contribution in [3.05, 3.63) is 52.5 Å². The fourth-order valence-electron chi connectivity index (χ4n) is 3.09. The number of nitrogens with zero attached hydrogens (tertiary/aromatic N) is 2. The summed E-state index contributed by atoms with van der Waals surface area (Å²) in [6.07, 6.45) is 0.156. The highest BCUT2D eigenvalue weighted by Gasteiger charge is 2.26. The Morgan fingerprint density at radius 2 is 1.88 bits per heavy atom. The van der Waals surface area contributed by atoms with Crippen molar-refractivity contribution >= 4 is 29.0 Å². The molecule has 1 aliphatic rings. The van der Waals surface area contributed by atoms with Gasteiger partial charge in [0.05, 0.1) is 18.2 Å². The highest BCUT2D eigenvalue weighted by molar-refractivity contribution is 7.10. The Morgan fingerprint density at radius 3 is 2.50 bits per heavy atom. The number of hydrogen-bond acceptors (Lipinski definition) is 4. The molecule has 3 amide bonds. The van der Waals surface area contributed by atoms with Gasteiger partial charge in [-0.25, -0.2) is 9.18 Å². The summed E-state index contributed by atoms with van der Waals surface area (Å²) in [4.78, 5) is 28.5. The molecule has 3 N–H and O–H groups in total. The number of urea groups is 1. The molecule has 6 nitrogen and oxygen atoms in total. The van der Waals surface area contributed by atoms with E-state index in [0.717, 1.165) is 4.88 Å². The lowest BCUT2D eigenvalue weighted by molar-refractivity contribution is -0.132. The van der Waals surface area contributed by atoms with Gasteiger partial charge in [0, 0.05) is 31.1 Å². The number of nitrogens with one attached hydrogen (secondary N) is 1. The topological polar surface area (TPSA) is 78.7 Å². The smallest absolute Gasteiger partial charge is 0.312 e. The van der Waals surface area contributed by atoms with Crippen LogP contribution in [0.2, 0.25) is 0 Å². The third-order valence-electron chi connectivity index (χ3n) is 4.41. The number of carbonyl (C=O) groups excluding carboxylic acids is 2. The summed E-state index contributed by atoms with van der Waals surface area (Å²) in [5.74, 6) is -0.305. The van der Waals surface area contributed by atoms with E-state index in [0.29, 0.717) is 31.9 Å². The highest BCUT2D eigenvalue weighted by atomic mass is 32.1. The second-order valence-corrected chi connectivity index (χ2v) is 7.08. The molecule has 0 saturated carbocycles. The fourth-order valence-corrected chi connectivity index (χ4v) is 3.87. The van der Waals surface area contributed by atoms with Gasteiger partial charge in [0.25, 0.3) is 0 Å². The van der Waals surface area contributed by atoms with Gasteiger partial charge in [0.1, 0.15) is 5.82 Å². The van der Waals surface area contributed by atoms with Crippen LogP contribution >= 0.6 is 11.3 Å². The molecule has 8 heteroatoms. The molecular weight excluding hydrogens is 355 g/mol. The van der Waals surface area contributed by atoms with Crippen LogP contribution < -0.4 is 16.0 Å². The number of carbonyl (C=O) groups is 2. The maximum absolute atomic E-state index is 13.9. The number of anilines is 1. The molecule has 0 spiro atoms. The molecule has 138 valence electrons. The van der Waals surface area contributed by atoms with Crippen molar-refractivity contribution in [3.63, 3.8) is 0 Å². The number of para-hydroxylation sites is 1. The lowest BCUT2D eigenvalue weighted by Gasteiger charge is -2.36. The number of amides is 3. The fraction of sp³-hybridized carbons (Fsp3) is 0.333. The van der Waals surface area contributed by atoms with Crippen LogP contribution in [0, 0.1) is 5.82 Å². The Balaban J connectivity index is 1.59. The van der Waals surface area contributed by atoms with Gasteiger partial charge in [0.2, 0.25) is 5.91 Å². The summed E-state index contributed by atoms with van der Waals surface area (Å²) in [7, 11) is 0. The van der Waals surface area contributed by atoms with E-state index < -0.39 is 12.1 Å². The van der Waals surface area contributed by atoms with E-state index in [1.54, 1.807) is 23.1 Å². The normalized spacial score (nSPS) is 15.6. The highest BCUT2D eigenvalue weighted by Crippen LogP contribution is 2.24. The Hall–Kier alpha value is -2.61. The largest absolute Gasteiger partial charge is 0.366 e. The zero-order chi connectivity index (χ0) is 18.5. The number of nitrogens with two attached hydrogens (primary N) is 1. The Kier molecular flexibility index (Phi) is 5.72. The maximum atomic E-state index is 13.9. The number of hydrogen-bond donors (Lipinski definition) is 2. The van der Waals surface area contributed by atoms with Crippen LogP contribution in [0.1, 0.15) is 17.3 Å². The van der Waals surface area contributed by atoms with Crippen LogP contribution in [0.15, 0.2) is 41.8 Å². The summed E-state index contributed by atoms with van der Waals surface area (Å²) in [5.41, 5.74) is 5.80. The van der Waals surface area contributed by atoms with E-state index in [9.17, 15) is 14.0 Å². The minimum Gasteiger partial charge on any atom is -0.366 e. The van der Waals surface area contributed by atoms with Crippen molar-refractivity contribution in [2.24, 2.45) is 5.73 Å². The third kappa shape index (κ3) is 4.32. The first-order valence-corrected chi connectivity index (χ1v) is 9.29. The Bertz CT molecular complexity index is 760. The SMILES string of the molecule is NC(=O)NC(CC(=O)N1CCN(c2ccccc2F)CC1)c1cccs1. The predicted octanol–water partition coefficient (Wildman–Crippen LogP) is 2.34. The second-order valence-electron chi connectivity index (χ2n) is 6.10. The van der Waals surface area contributed by atoms with Gasteiger partial charge in [-0.15, -0.1) is 11.3 Å². The van der Waals surface area contributed by atoms with E-state index in [1.165, 1.54) is 17.4 Å². The number of halogens is 1. The molecule has 2 aromatic rings. The van der Waals surface area contributed by atoms with Crippen LogP contribution in [0.5, 0.6) is 0 Å². The quantitative estimate of drug-likeness (QED) is 0.841. The van der Waals surface area contributed by atoms with Crippen LogP contribution in [0.3, 0.4) is 0 Å².